The molecule has 1 saturated heterocycles. The average molecular weight is 182 g/mol. The Morgan fingerprint density at radius 1 is 1.62 bits per heavy atom. The molecule has 2 atom stereocenters. The summed E-state index contributed by atoms with van der Waals surface area (Å²) in [7, 11) is 0. The maximum atomic E-state index is 9.55. The molecule has 1 N–H and O–H groups in total. The first-order valence-electron chi connectivity index (χ1n) is 5.12. The van der Waals surface area contributed by atoms with Gasteiger partial charge in [0, 0.05) is 13.0 Å². The van der Waals surface area contributed by atoms with Crippen molar-refractivity contribution in [3.05, 3.63) is 0 Å². The predicted molar refractivity (Wildman–Crippen MR) is 52.3 cm³/mol. The normalized spacial score (nSPS) is 23.7. The molecule has 1 fully saturated rings. The van der Waals surface area contributed by atoms with Crippen LogP contribution in [0.25, 0.3) is 0 Å². The first kappa shape index (κ1) is 10.6. The fourth-order valence-electron chi connectivity index (χ4n) is 1.39. The minimum atomic E-state index is -0.570. The van der Waals surface area contributed by atoms with E-state index >= 15 is 0 Å². The first-order chi connectivity index (χ1) is 6.34. The van der Waals surface area contributed by atoms with Crippen LogP contribution in [-0.2, 0) is 4.74 Å². The molecule has 0 spiro atoms. The Morgan fingerprint density at radius 2 is 2.46 bits per heavy atom. The van der Waals surface area contributed by atoms with Crippen LogP contribution in [0.3, 0.4) is 0 Å². The molecule has 0 aromatic heterocycles. The van der Waals surface area contributed by atoms with E-state index in [9.17, 15) is 5.11 Å². The Bertz CT molecular complexity index is 184. The van der Waals surface area contributed by atoms with Crippen molar-refractivity contribution in [2.75, 3.05) is 6.61 Å². The lowest BCUT2D eigenvalue weighted by Gasteiger charge is -2.10. The Kier molecular flexibility index (Phi) is 4.88. The molecular weight excluding hydrogens is 164 g/mol. The van der Waals surface area contributed by atoms with Crippen LogP contribution in [0.5, 0.6) is 0 Å². The number of unbranched alkanes of at least 4 members (excludes halogenated alkanes) is 2. The molecule has 2 nitrogen and oxygen atoms in total. The topological polar surface area (TPSA) is 29.5 Å². The summed E-state index contributed by atoms with van der Waals surface area (Å²) in [5, 5.41) is 9.55. The van der Waals surface area contributed by atoms with Gasteiger partial charge in [-0.15, -0.1) is 5.92 Å². The number of hydrogen-bond donors (Lipinski definition) is 1. The molecule has 1 aliphatic rings. The van der Waals surface area contributed by atoms with Crippen molar-refractivity contribution < 1.29 is 9.84 Å². The van der Waals surface area contributed by atoms with Gasteiger partial charge < -0.3 is 9.84 Å². The van der Waals surface area contributed by atoms with Crippen LogP contribution in [0.4, 0.5) is 0 Å². The van der Waals surface area contributed by atoms with Gasteiger partial charge in [0.25, 0.3) is 0 Å². The molecule has 1 heterocycles. The van der Waals surface area contributed by atoms with Crippen molar-refractivity contribution in [2.45, 2.75) is 51.2 Å². The second-order valence-electron chi connectivity index (χ2n) is 3.42. The van der Waals surface area contributed by atoms with Crippen molar-refractivity contribution in [2.24, 2.45) is 0 Å². The highest BCUT2D eigenvalue weighted by molar-refractivity contribution is 5.07. The third kappa shape index (κ3) is 3.80. The molecule has 13 heavy (non-hydrogen) atoms. The molecule has 1 rings (SSSR count). The largest absolute Gasteiger partial charge is 0.378 e. The minimum absolute atomic E-state index is 0.0332. The van der Waals surface area contributed by atoms with Crippen LogP contribution in [0.15, 0.2) is 0 Å². The predicted octanol–water partition coefficient (Wildman–Crippen LogP) is 1.72. The van der Waals surface area contributed by atoms with Crippen molar-refractivity contribution >= 4 is 0 Å². The van der Waals surface area contributed by atoms with Crippen molar-refractivity contribution in [1.29, 1.82) is 0 Å². The molecule has 0 aromatic carbocycles. The minimum Gasteiger partial charge on any atom is -0.378 e. The van der Waals surface area contributed by atoms with Gasteiger partial charge in [-0.25, -0.2) is 0 Å². The molecular formula is C11H18O2. The SMILES string of the molecule is CCCCC#C[C@H](O)[C@@H]1CCCO1. The van der Waals surface area contributed by atoms with E-state index in [-0.39, 0.29) is 6.10 Å². The summed E-state index contributed by atoms with van der Waals surface area (Å²) in [6, 6.07) is 0. The summed E-state index contributed by atoms with van der Waals surface area (Å²) < 4.78 is 5.32. The molecule has 0 bridgehead atoms. The van der Waals surface area contributed by atoms with Gasteiger partial charge in [0.15, 0.2) is 0 Å². The van der Waals surface area contributed by atoms with Crippen LogP contribution < -0.4 is 0 Å². The molecule has 1 aliphatic heterocycles. The van der Waals surface area contributed by atoms with E-state index in [0.29, 0.717) is 0 Å². The molecule has 2 heteroatoms. The van der Waals surface area contributed by atoms with E-state index in [1.807, 2.05) is 0 Å². The second kappa shape index (κ2) is 6.01. The number of hydrogen-bond acceptors (Lipinski definition) is 2. The van der Waals surface area contributed by atoms with Gasteiger partial charge in [-0.2, -0.15) is 0 Å². The zero-order valence-electron chi connectivity index (χ0n) is 8.25. The number of aliphatic hydroxyl groups is 1. The average Bonchev–Trinajstić information content (AvgIpc) is 2.65. The van der Waals surface area contributed by atoms with Gasteiger partial charge in [0.1, 0.15) is 6.10 Å². The van der Waals surface area contributed by atoms with E-state index in [0.717, 1.165) is 38.7 Å². The first-order valence-corrected chi connectivity index (χ1v) is 5.12. The van der Waals surface area contributed by atoms with Gasteiger partial charge in [0.2, 0.25) is 0 Å². The fraction of sp³-hybridized carbons (Fsp3) is 0.818. The number of aliphatic hydroxyl groups excluding tert-OH is 1. The summed E-state index contributed by atoms with van der Waals surface area (Å²) >= 11 is 0. The monoisotopic (exact) mass is 182 g/mol. The third-order valence-corrected chi connectivity index (χ3v) is 2.22. The van der Waals surface area contributed by atoms with Crippen LogP contribution in [0.1, 0.15) is 39.0 Å². The lowest BCUT2D eigenvalue weighted by atomic mass is 10.1. The van der Waals surface area contributed by atoms with E-state index in [4.69, 9.17) is 4.74 Å². The van der Waals surface area contributed by atoms with E-state index in [2.05, 4.69) is 18.8 Å². The molecule has 0 unspecified atom stereocenters. The van der Waals surface area contributed by atoms with Gasteiger partial charge in [-0.05, 0) is 19.3 Å². The maximum Gasteiger partial charge on any atom is 0.140 e. The van der Waals surface area contributed by atoms with Crippen LogP contribution in [0, 0.1) is 11.8 Å². The van der Waals surface area contributed by atoms with E-state index in [1.165, 1.54) is 0 Å². The standard InChI is InChI=1S/C11H18O2/c1-2-3-4-5-7-10(12)11-8-6-9-13-11/h10-12H,2-4,6,8-9H2,1H3/t10-,11-/m0/s1. The maximum absolute atomic E-state index is 9.55. The van der Waals surface area contributed by atoms with Crippen LogP contribution in [-0.4, -0.2) is 23.9 Å². The summed E-state index contributed by atoms with van der Waals surface area (Å²) in [6.45, 7) is 2.91. The molecule has 0 radical (unpaired) electrons. The summed E-state index contributed by atoms with van der Waals surface area (Å²) in [5.74, 6) is 5.82. The zero-order chi connectivity index (χ0) is 9.52. The van der Waals surface area contributed by atoms with E-state index < -0.39 is 6.10 Å². The second-order valence-corrected chi connectivity index (χ2v) is 3.42. The summed E-state index contributed by atoms with van der Waals surface area (Å²) in [6.07, 6.45) is 4.56. The lowest BCUT2D eigenvalue weighted by Crippen LogP contribution is -2.23. The summed E-state index contributed by atoms with van der Waals surface area (Å²) in [4.78, 5) is 0. The van der Waals surface area contributed by atoms with Gasteiger partial charge >= 0.3 is 0 Å². The van der Waals surface area contributed by atoms with Crippen molar-refractivity contribution in [3.63, 3.8) is 0 Å². The van der Waals surface area contributed by atoms with E-state index in [1.54, 1.807) is 0 Å². The van der Waals surface area contributed by atoms with Crippen LogP contribution in [0.2, 0.25) is 0 Å². The Morgan fingerprint density at radius 3 is 3.08 bits per heavy atom. The number of rotatable bonds is 3. The highest BCUT2D eigenvalue weighted by Crippen LogP contribution is 2.14. The lowest BCUT2D eigenvalue weighted by molar-refractivity contribution is 0.0272. The quantitative estimate of drug-likeness (QED) is 0.532. The smallest absolute Gasteiger partial charge is 0.140 e. The van der Waals surface area contributed by atoms with Gasteiger partial charge in [-0.1, -0.05) is 19.3 Å². The third-order valence-electron chi connectivity index (χ3n) is 2.22. The van der Waals surface area contributed by atoms with Gasteiger partial charge in [-0.3, -0.25) is 0 Å². The van der Waals surface area contributed by atoms with Crippen LogP contribution >= 0.6 is 0 Å². The molecule has 0 aliphatic carbocycles. The zero-order valence-corrected chi connectivity index (χ0v) is 8.25. The van der Waals surface area contributed by atoms with Crippen molar-refractivity contribution in [3.8, 4) is 11.8 Å². The fourth-order valence-corrected chi connectivity index (χ4v) is 1.39. The molecule has 74 valence electrons. The highest BCUT2D eigenvalue weighted by atomic mass is 16.5. The highest BCUT2D eigenvalue weighted by Gasteiger charge is 2.21. The Labute approximate surface area is 80.3 Å². The molecule has 0 saturated carbocycles. The molecule has 0 aromatic rings. The molecule has 0 amide bonds. The number of ether oxygens (including phenoxy) is 1. The Hall–Kier alpha value is -0.520. The van der Waals surface area contributed by atoms with Gasteiger partial charge in [0.05, 0.1) is 6.10 Å². The summed E-state index contributed by atoms with van der Waals surface area (Å²) in [5.41, 5.74) is 0. The van der Waals surface area contributed by atoms with Crippen molar-refractivity contribution in [1.82, 2.24) is 0 Å². The Balaban J connectivity index is 2.20.